The first-order valence-corrected chi connectivity index (χ1v) is 14.9. The quantitative estimate of drug-likeness (QED) is 0.116. The zero-order valence-electron chi connectivity index (χ0n) is 26.2. The van der Waals surface area contributed by atoms with Gasteiger partial charge < -0.3 is 41.0 Å². The van der Waals surface area contributed by atoms with E-state index >= 15 is 0 Å². The second-order valence-corrected chi connectivity index (χ2v) is 10.8. The van der Waals surface area contributed by atoms with E-state index in [4.69, 9.17) is 9.47 Å². The molecule has 0 spiro atoms. The molecule has 6 N–H and O–H groups in total. The third-order valence-corrected chi connectivity index (χ3v) is 7.48. The van der Waals surface area contributed by atoms with Gasteiger partial charge in [0.1, 0.15) is 24.4 Å². The van der Waals surface area contributed by atoms with Crippen LogP contribution in [-0.4, -0.2) is 87.1 Å². The highest BCUT2D eigenvalue weighted by atomic mass is 16.5. The molecule has 0 aromatic heterocycles. The Bertz CT molecular complexity index is 1400. The lowest BCUT2D eigenvalue weighted by molar-refractivity contribution is -0.145. The third-order valence-electron chi connectivity index (χ3n) is 7.48. The predicted molar refractivity (Wildman–Crippen MR) is 172 cm³/mol. The van der Waals surface area contributed by atoms with E-state index in [0.717, 1.165) is 27.8 Å². The van der Waals surface area contributed by atoms with E-state index in [9.17, 15) is 24.6 Å². The molecule has 0 radical (unpaired) electrons. The number of esters is 1. The molecule has 3 rings (SSSR count). The molecule has 0 aliphatic carbocycles. The van der Waals surface area contributed by atoms with Gasteiger partial charge in [0.05, 0.1) is 19.3 Å². The lowest BCUT2D eigenvalue weighted by atomic mass is 9.96. The molecule has 4 atom stereocenters. The highest BCUT2D eigenvalue weighted by Crippen LogP contribution is 2.29. The van der Waals surface area contributed by atoms with Crippen LogP contribution in [0.4, 0.5) is 0 Å². The van der Waals surface area contributed by atoms with Crippen LogP contribution in [0.25, 0.3) is 11.1 Å². The van der Waals surface area contributed by atoms with Gasteiger partial charge in [-0.1, -0.05) is 60.7 Å². The molecule has 0 bridgehead atoms. The van der Waals surface area contributed by atoms with E-state index in [-0.39, 0.29) is 19.3 Å². The van der Waals surface area contributed by atoms with Gasteiger partial charge in [-0.25, -0.2) is 4.79 Å². The van der Waals surface area contributed by atoms with Crippen molar-refractivity contribution in [2.45, 2.75) is 50.1 Å². The number of hydrogen-bond acceptors (Lipinski definition) is 9. The van der Waals surface area contributed by atoms with Crippen molar-refractivity contribution < 1.29 is 34.1 Å². The number of rotatable bonds is 18. The number of carboxylic acid groups (broad SMARTS) is 1. The summed E-state index contributed by atoms with van der Waals surface area (Å²) in [5, 5.41) is 31.2. The summed E-state index contributed by atoms with van der Waals surface area (Å²) in [6, 6.07) is 20.5. The molecule has 0 fully saturated rings. The Morgan fingerprint density at radius 2 is 1.49 bits per heavy atom. The molecule has 0 unspecified atom stereocenters. The first-order valence-electron chi connectivity index (χ1n) is 14.9. The minimum atomic E-state index is -0.966. The number of carboxylic acids is 1. The van der Waals surface area contributed by atoms with Crippen molar-refractivity contribution in [2.24, 2.45) is 0 Å². The number of carbonyl (C=O) groups is 3. The third kappa shape index (κ3) is 10.7. The maximum atomic E-state index is 13.0. The van der Waals surface area contributed by atoms with E-state index in [1.54, 1.807) is 21.1 Å². The van der Waals surface area contributed by atoms with Crippen molar-refractivity contribution in [3.63, 3.8) is 0 Å². The summed E-state index contributed by atoms with van der Waals surface area (Å²) in [5.41, 5.74) is 4.19. The number of ether oxygens (including phenoxy) is 2. The van der Waals surface area contributed by atoms with E-state index in [0.29, 0.717) is 18.9 Å². The van der Waals surface area contributed by atoms with Crippen molar-refractivity contribution in [1.29, 1.82) is 0 Å². The molecule has 1 amide bonds. The summed E-state index contributed by atoms with van der Waals surface area (Å²) in [4.78, 5) is 37.6. The molecular weight excluding hydrogens is 576 g/mol. The maximum absolute atomic E-state index is 13.0. The summed E-state index contributed by atoms with van der Waals surface area (Å²) in [5.74, 6) is -1.39. The Morgan fingerprint density at radius 1 is 0.800 bits per heavy atom. The average molecular weight is 621 g/mol. The van der Waals surface area contributed by atoms with Gasteiger partial charge in [0, 0.05) is 19.4 Å². The van der Waals surface area contributed by atoms with Crippen molar-refractivity contribution in [3.05, 3.63) is 89.5 Å². The normalized spacial score (nSPS) is 13.7. The molecule has 0 saturated carbocycles. The molecule has 45 heavy (non-hydrogen) atoms. The number of likely N-dealkylation sites (N-methyl/N-ethyl adjacent to an activating group) is 3. The summed E-state index contributed by atoms with van der Waals surface area (Å²) in [7, 11) is 6.21. The largest absolute Gasteiger partial charge is 0.489 e. The zero-order valence-corrected chi connectivity index (χ0v) is 26.2. The number of carbonyl (C=O) groups excluding carboxylic acids is 2. The van der Waals surface area contributed by atoms with Gasteiger partial charge in [0.25, 0.3) is 0 Å². The summed E-state index contributed by atoms with van der Waals surface area (Å²) < 4.78 is 11.1. The number of benzene rings is 3. The van der Waals surface area contributed by atoms with Gasteiger partial charge in [-0.2, -0.15) is 0 Å². The van der Waals surface area contributed by atoms with E-state index < -0.39 is 42.1 Å². The molecule has 0 heterocycles. The number of nitrogens with one attached hydrogen (secondary N) is 4. The standard InChI is InChI=1S/C34H44N4O7/c1-35-20-27(39)19-28(36-2)32(40)38-30(34(43)44-4)16-23-11-8-12-24(15-23)25-13-14-31(45-21-22-9-6-5-7-10-22)26(17-25)18-29(37-3)33(41)42/h5-15,17,27-30,35-37,39H,16,18-21H2,1-4H3,(H,38,40)(H,41,42)/t27-,28+,29+,30+/m1/s1. The van der Waals surface area contributed by atoms with Crippen LogP contribution in [0.5, 0.6) is 5.75 Å². The van der Waals surface area contributed by atoms with E-state index in [1.807, 2.05) is 72.8 Å². The summed E-state index contributed by atoms with van der Waals surface area (Å²) in [6.07, 6.45) is -0.204. The SMILES string of the molecule is CNC[C@H](O)C[C@H](NC)C(=O)N[C@@H](Cc1cccc(-c2ccc(OCc3ccccc3)c(C[C@H](NC)C(=O)O)c2)c1)C(=O)OC. The Balaban J connectivity index is 1.85. The first-order chi connectivity index (χ1) is 21.7. The van der Waals surface area contributed by atoms with Crippen molar-refractivity contribution in [2.75, 3.05) is 34.8 Å². The lowest BCUT2D eigenvalue weighted by Crippen LogP contribution is -2.51. The number of aliphatic carboxylic acids is 1. The molecule has 242 valence electrons. The van der Waals surface area contributed by atoms with Crippen LogP contribution in [0.3, 0.4) is 0 Å². The van der Waals surface area contributed by atoms with Crippen LogP contribution in [0, 0.1) is 0 Å². The van der Waals surface area contributed by atoms with Crippen molar-refractivity contribution in [3.8, 4) is 16.9 Å². The fraction of sp³-hybridized carbons (Fsp3) is 0.382. The van der Waals surface area contributed by atoms with Crippen LogP contribution in [-0.2, 0) is 38.6 Å². The van der Waals surface area contributed by atoms with Crippen molar-refractivity contribution in [1.82, 2.24) is 21.3 Å². The number of aliphatic hydroxyl groups excluding tert-OH is 1. The minimum Gasteiger partial charge on any atom is -0.489 e. The van der Waals surface area contributed by atoms with Gasteiger partial charge >= 0.3 is 11.9 Å². The predicted octanol–water partition coefficient (Wildman–Crippen LogP) is 1.91. The fourth-order valence-electron chi connectivity index (χ4n) is 5.00. The van der Waals surface area contributed by atoms with E-state index in [1.165, 1.54) is 7.11 Å². The van der Waals surface area contributed by atoms with Crippen LogP contribution in [0.2, 0.25) is 0 Å². The Morgan fingerprint density at radius 3 is 2.13 bits per heavy atom. The van der Waals surface area contributed by atoms with Crippen LogP contribution in [0.1, 0.15) is 23.1 Å². The molecular formula is C34H44N4O7. The van der Waals surface area contributed by atoms with Gasteiger partial charge in [0.2, 0.25) is 5.91 Å². The summed E-state index contributed by atoms with van der Waals surface area (Å²) in [6.45, 7) is 0.663. The molecule has 3 aromatic carbocycles. The van der Waals surface area contributed by atoms with Crippen LogP contribution in [0.15, 0.2) is 72.8 Å². The second kappa shape index (κ2) is 17.9. The number of methoxy groups -OCH3 is 1. The molecule has 0 aliphatic rings. The number of aliphatic hydroxyl groups is 1. The van der Waals surface area contributed by atoms with Gasteiger partial charge in [-0.15, -0.1) is 0 Å². The molecule has 11 heteroatoms. The molecule has 11 nitrogen and oxygen atoms in total. The second-order valence-electron chi connectivity index (χ2n) is 10.8. The number of hydrogen-bond donors (Lipinski definition) is 6. The molecule has 3 aromatic rings. The Labute approximate surface area is 264 Å². The molecule has 0 saturated heterocycles. The maximum Gasteiger partial charge on any atom is 0.328 e. The van der Waals surface area contributed by atoms with Gasteiger partial charge in [-0.05, 0) is 67.5 Å². The Hall–Kier alpha value is -4.29. The van der Waals surface area contributed by atoms with E-state index in [2.05, 4.69) is 21.3 Å². The average Bonchev–Trinajstić information content (AvgIpc) is 3.05. The smallest absolute Gasteiger partial charge is 0.328 e. The highest BCUT2D eigenvalue weighted by molar-refractivity contribution is 5.87. The Kier molecular flexibility index (Phi) is 14.0. The zero-order chi connectivity index (χ0) is 32.8. The van der Waals surface area contributed by atoms with Crippen LogP contribution >= 0.6 is 0 Å². The van der Waals surface area contributed by atoms with Crippen LogP contribution < -0.4 is 26.0 Å². The monoisotopic (exact) mass is 620 g/mol. The van der Waals surface area contributed by atoms with Crippen molar-refractivity contribution >= 4 is 17.8 Å². The lowest BCUT2D eigenvalue weighted by Gasteiger charge is -2.23. The van der Waals surface area contributed by atoms with Gasteiger partial charge in [-0.3, -0.25) is 9.59 Å². The highest BCUT2D eigenvalue weighted by Gasteiger charge is 2.27. The fourth-order valence-corrected chi connectivity index (χ4v) is 5.00. The first kappa shape index (κ1) is 35.2. The molecule has 0 aliphatic heterocycles. The topological polar surface area (TPSA) is 158 Å². The minimum absolute atomic E-state index is 0.163. The summed E-state index contributed by atoms with van der Waals surface area (Å²) >= 11 is 0. The number of amides is 1. The van der Waals surface area contributed by atoms with Gasteiger partial charge in [0.15, 0.2) is 0 Å².